The van der Waals surface area contributed by atoms with Gasteiger partial charge in [0.05, 0.1) is 0 Å². The highest BCUT2D eigenvalue weighted by Gasteiger charge is 2.14. The molecular formula is C11H7NO3S. The van der Waals surface area contributed by atoms with E-state index in [1.165, 1.54) is 11.3 Å². The second-order valence-corrected chi connectivity index (χ2v) is 4.12. The molecule has 1 aromatic carbocycles. The Labute approximate surface area is 95.5 Å². The number of fused-ring (bicyclic) bond motifs is 1. The maximum absolute atomic E-state index is 10.5. The predicted octanol–water partition coefficient (Wildman–Crippen LogP) is 2.35. The van der Waals surface area contributed by atoms with E-state index in [0.29, 0.717) is 5.69 Å². The van der Waals surface area contributed by atoms with Crippen LogP contribution >= 0.6 is 11.3 Å². The zero-order chi connectivity index (χ0) is 11.0. The Morgan fingerprint density at radius 2 is 2.19 bits per heavy atom. The highest BCUT2D eigenvalue weighted by molar-refractivity contribution is 7.13. The summed E-state index contributed by atoms with van der Waals surface area (Å²) in [6.07, 6.45) is 0.743. The molecule has 80 valence electrons. The Bertz CT molecular complexity index is 550. The molecule has 0 amide bonds. The Balaban J connectivity index is 2.03. The third-order valence-electron chi connectivity index (χ3n) is 2.26. The molecule has 0 spiro atoms. The summed E-state index contributed by atoms with van der Waals surface area (Å²) in [5.41, 5.74) is 1.39. The molecule has 0 saturated heterocycles. The Morgan fingerprint density at radius 1 is 1.31 bits per heavy atom. The fourth-order valence-corrected chi connectivity index (χ4v) is 2.26. The lowest BCUT2D eigenvalue weighted by Crippen LogP contribution is -1.92. The molecule has 0 bridgehead atoms. The molecule has 1 aliphatic heterocycles. The van der Waals surface area contributed by atoms with Crippen molar-refractivity contribution in [1.29, 1.82) is 0 Å². The summed E-state index contributed by atoms with van der Waals surface area (Å²) in [6, 6.07) is 5.62. The number of hydrogen-bond donors (Lipinski definition) is 0. The van der Waals surface area contributed by atoms with Crippen LogP contribution in [0, 0.1) is 0 Å². The number of nitrogens with zero attached hydrogens (tertiary/aromatic N) is 1. The second kappa shape index (κ2) is 3.61. The summed E-state index contributed by atoms with van der Waals surface area (Å²) in [4.78, 5) is 14.7. The predicted molar refractivity (Wildman–Crippen MR) is 59.1 cm³/mol. The average molecular weight is 233 g/mol. The fourth-order valence-electron chi connectivity index (χ4n) is 1.50. The summed E-state index contributed by atoms with van der Waals surface area (Å²) in [5.74, 6) is 1.47. The average Bonchev–Trinajstić information content (AvgIpc) is 2.96. The molecule has 2 heterocycles. The number of carbonyl (C=O) groups excluding carboxylic acids is 1. The molecular weight excluding hydrogens is 226 g/mol. The van der Waals surface area contributed by atoms with E-state index in [4.69, 9.17) is 9.47 Å². The molecule has 1 aliphatic rings. The normalized spacial score (nSPS) is 12.8. The van der Waals surface area contributed by atoms with Gasteiger partial charge < -0.3 is 9.47 Å². The zero-order valence-corrected chi connectivity index (χ0v) is 8.99. The van der Waals surface area contributed by atoms with Gasteiger partial charge in [0.2, 0.25) is 6.79 Å². The van der Waals surface area contributed by atoms with E-state index in [1.54, 1.807) is 5.38 Å². The summed E-state index contributed by atoms with van der Waals surface area (Å²) in [5, 5.41) is 2.54. The first-order valence-corrected chi connectivity index (χ1v) is 5.55. The van der Waals surface area contributed by atoms with Crippen molar-refractivity contribution >= 4 is 17.6 Å². The van der Waals surface area contributed by atoms with E-state index >= 15 is 0 Å². The van der Waals surface area contributed by atoms with Crippen molar-refractivity contribution in [3.8, 4) is 22.1 Å². The Kier molecular flexibility index (Phi) is 2.11. The molecule has 16 heavy (non-hydrogen) atoms. The Hall–Kier alpha value is -1.88. The standard InChI is InChI=1S/C11H7NO3S/c13-4-8-5-16-11(12-8)7-1-2-9-10(3-7)15-6-14-9/h1-5H,6H2. The van der Waals surface area contributed by atoms with Gasteiger partial charge in [-0.3, -0.25) is 4.79 Å². The topological polar surface area (TPSA) is 48.4 Å². The van der Waals surface area contributed by atoms with Crippen LogP contribution in [0.3, 0.4) is 0 Å². The first kappa shape index (κ1) is 9.35. The molecule has 0 saturated carbocycles. The van der Waals surface area contributed by atoms with Crippen LogP contribution in [0.4, 0.5) is 0 Å². The number of aromatic nitrogens is 1. The monoisotopic (exact) mass is 233 g/mol. The number of hydrogen-bond acceptors (Lipinski definition) is 5. The van der Waals surface area contributed by atoms with Crippen molar-refractivity contribution in [1.82, 2.24) is 4.98 Å². The number of benzene rings is 1. The van der Waals surface area contributed by atoms with Crippen LogP contribution in [0.15, 0.2) is 23.6 Å². The van der Waals surface area contributed by atoms with Crippen molar-refractivity contribution in [3.05, 3.63) is 29.3 Å². The van der Waals surface area contributed by atoms with Gasteiger partial charge >= 0.3 is 0 Å². The van der Waals surface area contributed by atoms with E-state index in [1.807, 2.05) is 18.2 Å². The van der Waals surface area contributed by atoms with E-state index in [9.17, 15) is 4.79 Å². The second-order valence-electron chi connectivity index (χ2n) is 3.26. The lowest BCUT2D eigenvalue weighted by Gasteiger charge is -1.98. The maximum atomic E-state index is 10.5. The maximum Gasteiger partial charge on any atom is 0.231 e. The van der Waals surface area contributed by atoms with Crippen LogP contribution in [0.2, 0.25) is 0 Å². The first-order chi connectivity index (χ1) is 7.86. The van der Waals surface area contributed by atoms with Gasteiger partial charge in [-0.05, 0) is 18.2 Å². The van der Waals surface area contributed by atoms with Gasteiger partial charge in [0.1, 0.15) is 10.7 Å². The molecule has 5 heteroatoms. The molecule has 0 unspecified atom stereocenters. The number of rotatable bonds is 2. The zero-order valence-electron chi connectivity index (χ0n) is 8.17. The van der Waals surface area contributed by atoms with Gasteiger partial charge in [-0.25, -0.2) is 4.98 Å². The van der Waals surface area contributed by atoms with E-state index in [2.05, 4.69) is 4.98 Å². The molecule has 0 radical (unpaired) electrons. The lowest BCUT2D eigenvalue weighted by atomic mass is 10.2. The molecule has 1 aromatic heterocycles. The van der Waals surface area contributed by atoms with Crippen molar-refractivity contribution < 1.29 is 14.3 Å². The smallest absolute Gasteiger partial charge is 0.231 e. The number of aldehydes is 1. The highest BCUT2D eigenvalue weighted by Crippen LogP contribution is 2.36. The van der Waals surface area contributed by atoms with Gasteiger partial charge in [-0.15, -0.1) is 11.3 Å². The molecule has 3 rings (SSSR count). The van der Waals surface area contributed by atoms with Gasteiger partial charge in [-0.1, -0.05) is 0 Å². The van der Waals surface area contributed by atoms with E-state index in [-0.39, 0.29) is 6.79 Å². The van der Waals surface area contributed by atoms with Crippen molar-refractivity contribution in [2.24, 2.45) is 0 Å². The van der Waals surface area contributed by atoms with Crippen molar-refractivity contribution in [2.75, 3.05) is 6.79 Å². The number of carbonyl (C=O) groups is 1. The van der Waals surface area contributed by atoms with Crippen molar-refractivity contribution in [3.63, 3.8) is 0 Å². The van der Waals surface area contributed by atoms with Crippen LogP contribution in [0.25, 0.3) is 10.6 Å². The van der Waals surface area contributed by atoms with Gasteiger partial charge in [0.25, 0.3) is 0 Å². The fraction of sp³-hybridized carbons (Fsp3) is 0.0909. The van der Waals surface area contributed by atoms with E-state index in [0.717, 1.165) is 28.4 Å². The quantitative estimate of drug-likeness (QED) is 0.747. The first-order valence-electron chi connectivity index (χ1n) is 4.67. The van der Waals surface area contributed by atoms with E-state index < -0.39 is 0 Å². The number of ether oxygens (including phenoxy) is 2. The van der Waals surface area contributed by atoms with Gasteiger partial charge in [-0.2, -0.15) is 0 Å². The summed E-state index contributed by atoms with van der Waals surface area (Å²) in [7, 11) is 0. The minimum absolute atomic E-state index is 0.260. The van der Waals surface area contributed by atoms with Gasteiger partial charge in [0.15, 0.2) is 17.8 Å². The SMILES string of the molecule is O=Cc1csc(-c2ccc3c(c2)OCO3)n1. The molecule has 2 aromatic rings. The molecule has 4 nitrogen and oxygen atoms in total. The third-order valence-corrected chi connectivity index (χ3v) is 3.17. The van der Waals surface area contributed by atoms with Crippen LogP contribution in [-0.4, -0.2) is 18.1 Å². The van der Waals surface area contributed by atoms with Crippen LogP contribution in [-0.2, 0) is 0 Å². The molecule has 0 fully saturated rings. The molecule has 0 N–H and O–H groups in total. The highest BCUT2D eigenvalue weighted by atomic mass is 32.1. The summed E-state index contributed by atoms with van der Waals surface area (Å²) >= 11 is 1.43. The Morgan fingerprint density at radius 3 is 3.00 bits per heavy atom. The minimum Gasteiger partial charge on any atom is -0.454 e. The van der Waals surface area contributed by atoms with Crippen LogP contribution in [0.5, 0.6) is 11.5 Å². The van der Waals surface area contributed by atoms with Crippen LogP contribution in [0.1, 0.15) is 10.5 Å². The lowest BCUT2D eigenvalue weighted by molar-refractivity contribution is 0.111. The summed E-state index contributed by atoms with van der Waals surface area (Å²) < 4.78 is 10.5. The molecule has 0 aliphatic carbocycles. The third kappa shape index (κ3) is 1.45. The van der Waals surface area contributed by atoms with Gasteiger partial charge in [0, 0.05) is 10.9 Å². The van der Waals surface area contributed by atoms with Crippen molar-refractivity contribution in [2.45, 2.75) is 0 Å². The minimum atomic E-state index is 0.260. The molecule has 0 atom stereocenters. The largest absolute Gasteiger partial charge is 0.454 e. The van der Waals surface area contributed by atoms with Crippen LogP contribution < -0.4 is 9.47 Å². The number of thiazole rings is 1. The summed E-state index contributed by atoms with van der Waals surface area (Å²) in [6.45, 7) is 0.260.